The maximum absolute atomic E-state index is 6.08. The van der Waals surface area contributed by atoms with Crippen molar-refractivity contribution in [3.63, 3.8) is 0 Å². The van der Waals surface area contributed by atoms with Crippen molar-refractivity contribution < 1.29 is 4.74 Å². The van der Waals surface area contributed by atoms with Gasteiger partial charge in [0.1, 0.15) is 0 Å². The summed E-state index contributed by atoms with van der Waals surface area (Å²) in [6.45, 7) is 6.60. The first-order chi connectivity index (χ1) is 8.38. The van der Waals surface area contributed by atoms with Gasteiger partial charge in [-0.1, -0.05) is 46.0 Å². The summed E-state index contributed by atoms with van der Waals surface area (Å²) in [5.41, 5.74) is 0. The lowest BCUT2D eigenvalue weighted by atomic mass is 9.92. The van der Waals surface area contributed by atoms with Crippen LogP contribution in [0.1, 0.15) is 71.6 Å². The topological polar surface area (TPSA) is 21.3 Å². The molecule has 102 valence electrons. The highest BCUT2D eigenvalue weighted by Crippen LogP contribution is 2.21. The van der Waals surface area contributed by atoms with Gasteiger partial charge in [-0.05, 0) is 32.2 Å². The minimum atomic E-state index is 0.483. The third-order valence-electron chi connectivity index (χ3n) is 3.69. The van der Waals surface area contributed by atoms with E-state index in [-0.39, 0.29) is 0 Å². The second-order valence-electron chi connectivity index (χ2n) is 5.31. The molecule has 0 radical (unpaired) electrons. The summed E-state index contributed by atoms with van der Waals surface area (Å²) in [4.78, 5) is 0. The van der Waals surface area contributed by atoms with Gasteiger partial charge in [-0.25, -0.2) is 0 Å². The average Bonchev–Trinajstić information content (AvgIpc) is 2.37. The molecule has 0 aromatic heterocycles. The fraction of sp³-hybridized carbons (Fsp3) is 1.00. The van der Waals surface area contributed by atoms with Crippen molar-refractivity contribution in [3.05, 3.63) is 0 Å². The first-order valence-electron chi connectivity index (χ1n) is 7.73. The lowest BCUT2D eigenvalue weighted by molar-refractivity contribution is 0.00351. The molecule has 0 bridgehead atoms. The van der Waals surface area contributed by atoms with Gasteiger partial charge in [-0.2, -0.15) is 0 Å². The standard InChI is InChI=1S/C15H31NO/c1-3-5-6-9-13-17-15-11-8-7-10-14(15)16-12-4-2/h14-16H,3-13H2,1-2H3. The molecule has 17 heavy (non-hydrogen) atoms. The van der Waals surface area contributed by atoms with Crippen molar-refractivity contribution >= 4 is 0 Å². The summed E-state index contributed by atoms with van der Waals surface area (Å²) in [5.74, 6) is 0. The Morgan fingerprint density at radius 3 is 2.59 bits per heavy atom. The van der Waals surface area contributed by atoms with Crippen LogP contribution < -0.4 is 5.32 Å². The predicted octanol–water partition coefficient (Wildman–Crippen LogP) is 3.89. The van der Waals surface area contributed by atoms with Gasteiger partial charge in [-0.3, -0.25) is 0 Å². The molecule has 2 heteroatoms. The number of nitrogens with one attached hydrogen (secondary N) is 1. The smallest absolute Gasteiger partial charge is 0.0728 e. The fourth-order valence-electron chi connectivity index (χ4n) is 2.62. The SMILES string of the molecule is CCCCCCOC1CCCCC1NCCC. The molecule has 1 N–H and O–H groups in total. The second-order valence-corrected chi connectivity index (χ2v) is 5.31. The third-order valence-corrected chi connectivity index (χ3v) is 3.69. The molecule has 1 rings (SSSR count). The fourth-order valence-corrected chi connectivity index (χ4v) is 2.62. The Bertz CT molecular complexity index is 172. The van der Waals surface area contributed by atoms with Crippen molar-refractivity contribution in [2.45, 2.75) is 83.8 Å². The maximum atomic E-state index is 6.08. The minimum absolute atomic E-state index is 0.483. The lowest BCUT2D eigenvalue weighted by Gasteiger charge is -2.32. The second kappa shape index (κ2) is 9.90. The van der Waals surface area contributed by atoms with E-state index in [4.69, 9.17) is 4.74 Å². The van der Waals surface area contributed by atoms with Crippen molar-refractivity contribution in [1.29, 1.82) is 0 Å². The first-order valence-corrected chi connectivity index (χ1v) is 7.73. The Morgan fingerprint density at radius 1 is 1.00 bits per heavy atom. The highest BCUT2D eigenvalue weighted by atomic mass is 16.5. The number of rotatable bonds is 9. The molecule has 1 aliphatic carbocycles. The summed E-state index contributed by atoms with van der Waals surface area (Å²) in [6.07, 6.45) is 12.2. The van der Waals surface area contributed by atoms with Gasteiger partial charge in [-0.15, -0.1) is 0 Å². The van der Waals surface area contributed by atoms with E-state index in [9.17, 15) is 0 Å². The van der Waals surface area contributed by atoms with E-state index in [0.717, 1.165) is 13.2 Å². The van der Waals surface area contributed by atoms with Gasteiger partial charge in [0.05, 0.1) is 6.10 Å². The van der Waals surface area contributed by atoms with Crippen LogP contribution in [0, 0.1) is 0 Å². The molecule has 0 aromatic carbocycles. The number of unbranched alkanes of at least 4 members (excludes halogenated alkanes) is 3. The van der Waals surface area contributed by atoms with Crippen LogP contribution in [0.2, 0.25) is 0 Å². The van der Waals surface area contributed by atoms with Crippen molar-refractivity contribution in [1.82, 2.24) is 5.32 Å². The van der Waals surface area contributed by atoms with E-state index in [2.05, 4.69) is 19.2 Å². The maximum Gasteiger partial charge on any atom is 0.0728 e. The highest BCUT2D eigenvalue weighted by Gasteiger charge is 2.24. The normalized spacial score (nSPS) is 25.1. The van der Waals surface area contributed by atoms with E-state index in [0.29, 0.717) is 12.1 Å². The van der Waals surface area contributed by atoms with Crippen molar-refractivity contribution in [2.75, 3.05) is 13.2 Å². The van der Waals surface area contributed by atoms with E-state index in [1.54, 1.807) is 0 Å². The molecular weight excluding hydrogens is 210 g/mol. The Hall–Kier alpha value is -0.0800. The molecule has 0 heterocycles. The molecular formula is C15H31NO. The molecule has 2 atom stereocenters. The van der Waals surface area contributed by atoms with E-state index in [1.807, 2.05) is 0 Å². The van der Waals surface area contributed by atoms with Gasteiger partial charge < -0.3 is 10.1 Å². The monoisotopic (exact) mass is 241 g/mol. The largest absolute Gasteiger partial charge is 0.377 e. The van der Waals surface area contributed by atoms with E-state index in [1.165, 1.54) is 57.8 Å². The zero-order valence-corrected chi connectivity index (χ0v) is 11.8. The molecule has 0 saturated heterocycles. The zero-order valence-electron chi connectivity index (χ0n) is 11.8. The van der Waals surface area contributed by atoms with E-state index < -0.39 is 0 Å². The summed E-state index contributed by atoms with van der Waals surface area (Å²) < 4.78 is 6.08. The predicted molar refractivity (Wildman–Crippen MR) is 74.4 cm³/mol. The van der Waals surface area contributed by atoms with Crippen LogP contribution in [0.25, 0.3) is 0 Å². The van der Waals surface area contributed by atoms with Gasteiger partial charge in [0.15, 0.2) is 0 Å². The summed E-state index contributed by atoms with van der Waals surface area (Å²) >= 11 is 0. The van der Waals surface area contributed by atoms with Crippen LogP contribution in [-0.4, -0.2) is 25.3 Å². The zero-order chi connectivity index (χ0) is 12.3. The lowest BCUT2D eigenvalue weighted by Crippen LogP contribution is -2.44. The molecule has 0 amide bonds. The van der Waals surface area contributed by atoms with Gasteiger partial charge in [0, 0.05) is 12.6 Å². The Kier molecular flexibility index (Phi) is 8.72. The molecule has 1 aliphatic rings. The summed E-state index contributed by atoms with van der Waals surface area (Å²) in [6, 6.07) is 0.620. The average molecular weight is 241 g/mol. The van der Waals surface area contributed by atoms with Crippen LogP contribution in [0.3, 0.4) is 0 Å². The number of ether oxygens (including phenoxy) is 1. The highest BCUT2D eigenvalue weighted by molar-refractivity contribution is 4.81. The van der Waals surface area contributed by atoms with Crippen LogP contribution in [0.15, 0.2) is 0 Å². The summed E-state index contributed by atoms with van der Waals surface area (Å²) in [7, 11) is 0. The molecule has 0 aromatic rings. The Morgan fingerprint density at radius 2 is 1.82 bits per heavy atom. The molecule has 1 fully saturated rings. The Balaban J connectivity index is 2.13. The summed E-state index contributed by atoms with van der Waals surface area (Å²) in [5, 5.41) is 3.65. The van der Waals surface area contributed by atoms with Crippen molar-refractivity contribution in [2.24, 2.45) is 0 Å². The molecule has 2 unspecified atom stereocenters. The molecule has 0 spiro atoms. The van der Waals surface area contributed by atoms with Crippen LogP contribution >= 0.6 is 0 Å². The minimum Gasteiger partial charge on any atom is -0.377 e. The van der Waals surface area contributed by atoms with E-state index >= 15 is 0 Å². The third kappa shape index (κ3) is 6.42. The van der Waals surface area contributed by atoms with Gasteiger partial charge in [0.2, 0.25) is 0 Å². The number of hydrogen-bond acceptors (Lipinski definition) is 2. The molecule has 2 nitrogen and oxygen atoms in total. The van der Waals surface area contributed by atoms with Gasteiger partial charge in [0.25, 0.3) is 0 Å². The van der Waals surface area contributed by atoms with Crippen LogP contribution in [-0.2, 0) is 4.74 Å². The molecule has 1 saturated carbocycles. The quantitative estimate of drug-likeness (QED) is 0.618. The van der Waals surface area contributed by atoms with Crippen molar-refractivity contribution in [3.8, 4) is 0 Å². The van der Waals surface area contributed by atoms with Crippen LogP contribution in [0.5, 0.6) is 0 Å². The number of hydrogen-bond donors (Lipinski definition) is 1. The van der Waals surface area contributed by atoms with Crippen LogP contribution in [0.4, 0.5) is 0 Å². The Labute approximate surface area is 108 Å². The van der Waals surface area contributed by atoms with Gasteiger partial charge >= 0.3 is 0 Å². The first kappa shape index (κ1) is 15.0. The molecule has 0 aliphatic heterocycles.